The maximum absolute atomic E-state index is 11.3. The average molecular weight is 974 g/mol. The molecule has 0 fully saturated rings. The fourth-order valence-electron chi connectivity index (χ4n) is 5.77. The van der Waals surface area contributed by atoms with E-state index in [2.05, 4.69) is 83.9 Å². The summed E-state index contributed by atoms with van der Waals surface area (Å²) < 4.78 is 20.7. The Bertz CT molecular complexity index is 2140. The highest BCUT2D eigenvalue weighted by Crippen LogP contribution is 2.26. The van der Waals surface area contributed by atoms with Crippen LogP contribution in [0.1, 0.15) is 103 Å². The molecule has 2 aliphatic rings. The lowest BCUT2D eigenvalue weighted by Crippen LogP contribution is -2.35. The number of aromatic nitrogens is 1. The molecule has 0 aliphatic carbocycles. The number of ketones is 2. The quantitative estimate of drug-likeness (QED) is 0.0268. The lowest BCUT2D eigenvalue weighted by Gasteiger charge is -2.25. The first kappa shape index (κ1) is 65.6. The molecule has 2 aliphatic heterocycles. The van der Waals surface area contributed by atoms with Crippen molar-refractivity contribution in [1.29, 1.82) is 0 Å². The van der Waals surface area contributed by atoms with E-state index >= 15 is 0 Å². The average Bonchev–Trinajstić information content (AvgIpc) is 4.07. The Kier molecular flexibility index (Phi) is 38.3. The first-order chi connectivity index (χ1) is 33.4. The first-order valence-electron chi connectivity index (χ1n) is 22.5. The number of carbonyl (C=O) groups is 5. The minimum atomic E-state index is -0.595. The maximum atomic E-state index is 11.3. The van der Waals surface area contributed by atoms with Crippen LogP contribution in [0.25, 0.3) is 0 Å². The van der Waals surface area contributed by atoms with Crippen molar-refractivity contribution in [3.63, 3.8) is 0 Å². The van der Waals surface area contributed by atoms with Crippen LogP contribution in [-0.4, -0.2) is 110 Å². The van der Waals surface area contributed by atoms with Crippen LogP contribution in [0, 0.1) is 24.2 Å². The number of rotatable bonds is 21. The van der Waals surface area contributed by atoms with E-state index in [1.165, 1.54) is 6.92 Å². The fourth-order valence-corrected chi connectivity index (χ4v) is 5.77. The molecule has 3 atom stereocenters. The molecular weight excluding hydrogens is 899 g/mol. The second-order valence-electron chi connectivity index (χ2n) is 14.5. The van der Waals surface area contributed by atoms with Gasteiger partial charge in [0, 0.05) is 57.3 Å². The predicted molar refractivity (Wildman–Crippen MR) is 286 cm³/mol. The van der Waals surface area contributed by atoms with Gasteiger partial charge in [-0.2, -0.15) is 0 Å². The number of hydrogen-bond donors (Lipinski definition) is 1. The molecule has 1 aromatic heterocycles. The molecule has 2 aromatic carbocycles. The molecule has 0 radical (unpaired) electrons. The number of terminal acetylenes is 1. The van der Waals surface area contributed by atoms with Gasteiger partial charge in [0.05, 0.1) is 19.3 Å². The van der Waals surface area contributed by atoms with Gasteiger partial charge in [-0.15, -0.1) is 32.7 Å². The summed E-state index contributed by atoms with van der Waals surface area (Å²) in [5.41, 5.74) is 3.68. The summed E-state index contributed by atoms with van der Waals surface area (Å²) in [6, 6.07) is 25.9. The molecule has 71 heavy (non-hydrogen) atoms. The Morgan fingerprint density at radius 2 is 1.20 bits per heavy atom. The Morgan fingerprint density at radius 3 is 1.56 bits per heavy atom. The summed E-state index contributed by atoms with van der Waals surface area (Å²) in [4.78, 5) is 68.1. The van der Waals surface area contributed by atoms with E-state index in [0.717, 1.165) is 30.5 Å². The molecular formula is C57H75N5O9. The number of aliphatic imine (C=N–C) groups is 2. The lowest BCUT2D eigenvalue weighted by molar-refractivity contribution is -0.137. The molecule has 0 saturated carbocycles. The van der Waals surface area contributed by atoms with Gasteiger partial charge in [0.1, 0.15) is 54.5 Å². The summed E-state index contributed by atoms with van der Waals surface area (Å²) in [7, 11) is 0. The third kappa shape index (κ3) is 29.2. The molecule has 0 unspecified atom stereocenters. The van der Waals surface area contributed by atoms with Crippen molar-refractivity contribution in [2.75, 3.05) is 52.6 Å². The zero-order valence-corrected chi connectivity index (χ0v) is 40.5. The molecule has 3 heterocycles. The minimum Gasteiger partial charge on any atom is -0.474 e. The monoisotopic (exact) mass is 974 g/mol. The molecule has 0 bridgehead atoms. The van der Waals surface area contributed by atoms with E-state index in [1.807, 2.05) is 71.6 Å². The van der Waals surface area contributed by atoms with Gasteiger partial charge in [0.15, 0.2) is 0 Å². The largest absolute Gasteiger partial charge is 0.474 e. The zero-order chi connectivity index (χ0) is 51.1. The molecule has 5 rings (SSSR count). The van der Waals surface area contributed by atoms with E-state index in [0.29, 0.717) is 88.4 Å². The Labute approximate surface area is 423 Å². The van der Waals surface area contributed by atoms with Crippen LogP contribution >= 0.6 is 0 Å². The van der Waals surface area contributed by atoms with Crippen LogP contribution in [0.2, 0.25) is 0 Å². The highest BCUT2D eigenvalue weighted by molar-refractivity contribution is 5.97. The number of pyridine rings is 1. The standard InChI is InChI=1S/C23H19N3O2.C16H23NO3.C6H11N.C5H8O2.C5H6O2.2CH4/c1-3-8-16(9-4-1)20-14-27-22(25-20)18-12-7-13-19(24-18)23-26-21(15-28-23)17-10-5-2-6-11-17;1-5-12-17(13-6-2)15(9-8-14(4)18)10-11-16(19)20-7-3;1-3-5-7-6-4-2;1-5(7)3-2-4-6;1-3-5(6)7-4-2;;/h1-13,20-21H,14-15H2;5-6,15H,1-2,7-9,12-13H2,3-4H3;3-4,7H,1-2,5-6H2;4H,2-3H2,1H3;1H,4H2,2H3;2*1H4/t20-,21-;15-;;;;;/m10...../s1. The van der Waals surface area contributed by atoms with Crippen molar-refractivity contribution in [3.05, 3.63) is 152 Å². The summed E-state index contributed by atoms with van der Waals surface area (Å²) in [5, 5.41) is 3.05. The number of ether oxygens (including phenoxy) is 4. The summed E-state index contributed by atoms with van der Waals surface area (Å²) >= 11 is 0. The molecule has 0 spiro atoms. The summed E-state index contributed by atoms with van der Waals surface area (Å²) in [6.07, 6.45) is 14.3. The van der Waals surface area contributed by atoms with Gasteiger partial charge >= 0.3 is 11.9 Å². The van der Waals surface area contributed by atoms with Crippen LogP contribution in [0.4, 0.5) is 0 Å². The third-order valence-electron chi connectivity index (χ3n) is 9.00. The van der Waals surface area contributed by atoms with E-state index in [1.54, 1.807) is 38.8 Å². The molecule has 0 amide bonds. The van der Waals surface area contributed by atoms with Gasteiger partial charge in [-0.05, 0) is 57.4 Å². The second kappa shape index (κ2) is 41.5. The van der Waals surface area contributed by atoms with E-state index < -0.39 is 11.9 Å². The third-order valence-corrected chi connectivity index (χ3v) is 9.00. The fraction of sp³-hybridized carbons (Fsp3) is 0.368. The number of nitrogens with one attached hydrogen (secondary N) is 1. The van der Waals surface area contributed by atoms with Crippen LogP contribution in [0.5, 0.6) is 0 Å². The summed E-state index contributed by atoms with van der Waals surface area (Å²) in [5.74, 6) is 7.33. The number of hydrogen-bond acceptors (Lipinski definition) is 14. The predicted octanol–water partition coefficient (Wildman–Crippen LogP) is 9.04. The van der Waals surface area contributed by atoms with Crippen molar-refractivity contribution in [2.45, 2.75) is 86.4 Å². The van der Waals surface area contributed by atoms with Crippen LogP contribution in [0.3, 0.4) is 0 Å². The maximum Gasteiger partial charge on any atom is 0.384 e. The number of benzene rings is 2. The van der Waals surface area contributed by atoms with Gasteiger partial charge in [0.25, 0.3) is 0 Å². The van der Waals surface area contributed by atoms with Crippen molar-refractivity contribution < 1.29 is 42.9 Å². The number of esters is 2. The van der Waals surface area contributed by atoms with Crippen LogP contribution in [0.15, 0.2) is 139 Å². The van der Waals surface area contributed by atoms with Gasteiger partial charge in [-0.3, -0.25) is 4.90 Å². The molecule has 0 saturated heterocycles. The first-order valence-corrected chi connectivity index (χ1v) is 22.5. The number of carbonyl (C=O) groups excluding carboxylic acids is 5. The molecule has 3 aromatic rings. The summed E-state index contributed by atoms with van der Waals surface area (Å²) in [6.45, 7) is 25.6. The lowest BCUT2D eigenvalue weighted by atomic mass is 10.1. The van der Waals surface area contributed by atoms with E-state index in [9.17, 15) is 24.0 Å². The zero-order valence-electron chi connectivity index (χ0n) is 40.5. The molecule has 1 N–H and O–H groups in total. The Balaban J connectivity index is 0. The Morgan fingerprint density at radius 1 is 0.732 bits per heavy atom. The van der Waals surface area contributed by atoms with Crippen LogP contribution in [-0.2, 0) is 42.9 Å². The number of aldehydes is 1. The molecule has 14 heteroatoms. The van der Waals surface area contributed by atoms with Gasteiger partial charge in [0.2, 0.25) is 11.8 Å². The number of Topliss-reactive ketones (excluding diaryl/α,β-unsaturated/α-hetero) is 2. The number of nitrogens with zero attached hydrogens (tertiary/aromatic N) is 4. The van der Waals surface area contributed by atoms with Gasteiger partial charge < -0.3 is 38.6 Å². The highest BCUT2D eigenvalue weighted by Gasteiger charge is 2.26. The molecule has 14 nitrogen and oxygen atoms in total. The second-order valence-corrected chi connectivity index (χ2v) is 14.5. The smallest absolute Gasteiger partial charge is 0.384 e. The van der Waals surface area contributed by atoms with E-state index in [4.69, 9.17) is 24.2 Å². The van der Waals surface area contributed by atoms with Crippen molar-refractivity contribution in [1.82, 2.24) is 15.2 Å². The SMILES string of the molecule is C.C.C#CC(=O)OCC.C=CCN(CC=C)[C@H](C#CC(=O)OCC)CCC(C)=O.C=CCNCC=C.CC(=O)CCC=O.c1ccc([C@H]2COC(c3cccc(C4=N[C@@H](c5ccccc5)CO4)n3)=N2)cc1. The van der Waals surface area contributed by atoms with E-state index in [-0.39, 0.29) is 44.5 Å². The van der Waals surface area contributed by atoms with Crippen LogP contribution < -0.4 is 5.32 Å². The minimum absolute atomic E-state index is 0. The van der Waals surface area contributed by atoms with Crippen molar-refractivity contribution in [3.8, 4) is 24.2 Å². The Hall–Kier alpha value is -7.52. The van der Waals surface area contributed by atoms with Crippen molar-refractivity contribution in [2.24, 2.45) is 9.98 Å². The van der Waals surface area contributed by atoms with Crippen molar-refractivity contribution >= 4 is 41.6 Å². The normalized spacial score (nSPS) is 13.6. The topological polar surface area (TPSA) is 175 Å². The highest BCUT2D eigenvalue weighted by atomic mass is 16.5. The van der Waals surface area contributed by atoms with Gasteiger partial charge in [-0.1, -0.05) is 112 Å². The van der Waals surface area contributed by atoms with Gasteiger partial charge in [-0.25, -0.2) is 24.6 Å². The molecule has 382 valence electrons.